The average molecular weight is 609 g/mol. The molecule has 0 aliphatic carbocycles. The van der Waals surface area contributed by atoms with Crippen molar-refractivity contribution >= 4 is 0 Å². The standard InChI is InChI=1S/C42H76N2/c1-3-5-7-9-11-13-15-17-18-20-22-24-26-28-33-37-43-38-39-44(40-41-34-30-29-31-35-41)42(43)36-32-27-25-23-21-19-16-14-12-10-8-6-4-2/h29-31,34-35,38-39,42H,3-28,32-33,36-37,40H2,1-2H3. The molecule has 0 amide bonds. The van der Waals surface area contributed by atoms with Crippen molar-refractivity contribution in [2.24, 2.45) is 0 Å². The van der Waals surface area contributed by atoms with Gasteiger partial charge >= 0.3 is 0 Å². The fourth-order valence-corrected chi connectivity index (χ4v) is 7.08. The second-order valence-corrected chi connectivity index (χ2v) is 14.2. The Morgan fingerprint density at radius 3 is 1.20 bits per heavy atom. The molecule has 0 spiro atoms. The Hall–Kier alpha value is -1.44. The molecule has 1 aromatic rings. The summed E-state index contributed by atoms with van der Waals surface area (Å²) in [5, 5.41) is 0. The lowest BCUT2D eigenvalue weighted by atomic mass is 10.0. The van der Waals surface area contributed by atoms with Crippen molar-refractivity contribution in [3.63, 3.8) is 0 Å². The summed E-state index contributed by atoms with van der Waals surface area (Å²) in [4.78, 5) is 5.28. The van der Waals surface area contributed by atoms with E-state index in [2.05, 4.69) is 66.4 Å². The van der Waals surface area contributed by atoms with Crippen LogP contribution in [0.5, 0.6) is 0 Å². The molecule has 2 rings (SSSR count). The first-order valence-electron chi connectivity index (χ1n) is 20.1. The molecule has 254 valence electrons. The Morgan fingerprint density at radius 1 is 0.409 bits per heavy atom. The molecule has 1 atom stereocenters. The van der Waals surface area contributed by atoms with Gasteiger partial charge in [0.25, 0.3) is 0 Å². The smallest absolute Gasteiger partial charge is 0.101 e. The molecule has 1 heterocycles. The van der Waals surface area contributed by atoms with Gasteiger partial charge in [0.2, 0.25) is 0 Å². The quantitative estimate of drug-likeness (QED) is 0.0751. The number of unbranched alkanes of at least 4 members (excludes halogenated alkanes) is 26. The Bertz CT molecular complexity index is 743. The normalized spacial score (nSPS) is 14.7. The maximum atomic E-state index is 2.67. The lowest BCUT2D eigenvalue weighted by Gasteiger charge is -2.33. The van der Waals surface area contributed by atoms with E-state index in [4.69, 9.17) is 0 Å². The summed E-state index contributed by atoms with van der Waals surface area (Å²) in [7, 11) is 0. The zero-order chi connectivity index (χ0) is 31.2. The highest BCUT2D eigenvalue weighted by atomic mass is 15.4. The van der Waals surface area contributed by atoms with Crippen LogP contribution in [0.15, 0.2) is 42.7 Å². The van der Waals surface area contributed by atoms with Gasteiger partial charge in [-0.3, -0.25) is 0 Å². The third-order valence-electron chi connectivity index (χ3n) is 10.0. The van der Waals surface area contributed by atoms with E-state index >= 15 is 0 Å². The zero-order valence-electron chi connectivity index (χ0n) is 29.9. The number of nitrogens with zero attached hydrogens (tertiary/aromatic N) is 2. The molecule has 44 heavy (non-hydrogen) atoms. The van der Waals surface area contributed by atoms with Crippen molar-refractivity contribution in [3.05, 3.63) is 48.3 Å². The highest BCUT2D eigenvalue weighted by molar-refractivity contribution is 5.16. The molecule has 1 aliphatic heterocycles. The van der Waals surface area contributed by atoms with Crippen LogP contribution in [0.4, 0.5) is 0 Å². The van der Waals surface area contributed by atoms with Crippen LogP contribution in [0.1, 0.15) is 206 Å². The van der Waals surface area contributed by atoms with Crippen LogP contribution in [-0.4, -0.2) is 22.5 Å². The summed E-state index contributed by atoms with van der Waals surface area (Å²) in [5.41, 5.74) is 1.43. The molecule has 0 aromatic heterocycles. The van der Waals surface area contributed by atoms with Crippen LogP contribution in [-0.2, 0) is 6.54 Å². The molecule has 2 heteroatoms. The number of hydrogen-bond donors (Lipinski definition) is 0. The van der Waals surface area contributed by atoms with Crippen LogP contribution in [0.3, 0.4) is 0 Å². The molecule has 1 aliphatic rings. The minimum atomic E-state index is 0.551. The Labute approximate surface area is 276 Å². The largest absolute Gasteiger partial charge is 0.356 e. The van der Waals surface area contributed by atoms with Crippen molar-refractivity contribution in [2.45, 2.75) is 213 Å². The van der Waals surface area contributed by atoms with Crippen LogP contribution in [0.2, 0.25) is 0 Å². The van der Waals surface area contributed by atoms with Crippen LogP contribution in [0, 0.1) is 0 Å². The van der Waals surface area contributed by atoms with Crippen molar-refractivity contribution in [2.75, 3.05) is 6.54 Å². The van der Waals surface area contributed by atoms with Crippen LogP contribution >= 0.6 is 0 Å². The maximum absolute atomic E-state index is 2.67. The second-order valence-electron chi connectivity index (χ2n) is 14.2. The highest BCUT2D eigenvalue weighted by Gasteiger charge is 2.25. The molecule has 1 unspecified atom stereocenters. The molecule has 0 bridgehead atoms. The molecule has 0 N–H and O–H groups in total. The van der Waals surface area contributed by atoms with Gasteiger partial charge in [0.05, 0.1) is 0 Å². The fourth-order valence-electron chi connectivity index (χ4n) is 7.08. The molecule has 2 nitrogen and oxygen atoms in total. The van der Waals surface area contributed by atoms with Gasteiger partial charge in [-0.1, -0.05) is 211 Å². The van der Waals surface area contributed by atoms with Gasteiger partial charge in [-0.2, -0.15) is 0 Å². The zero-order valence-corrected chi connectivity index (χ0v) is 29.9. The number of rotatable bonds is 32. The predicted octanol–water partition coefficient (Wildman–Crippen LogP) is 14.0. The van der Waals surface area contributed by atoms with Gasteiger partial charge in [-0.15, -0.1) is 0 Å². The monoisotopic (exact) mass is 609 g/mol. The van der Waals surface area contributed by atoms with E-state index in [0.29, 0.717) is 6.17 Å². The summed E-state index contributed by atoms with van der Waals surface area (Å²) in [6.45, 7) is 6.88. The minimum absolute atomic E-state index is 0.551. The van der Waals surface area contributed by atoms with E-state index < -0.39 is 0 Å². The number of benzene rings is 1. The van der Waals surface area contributed by atoms with Crippen molar-refractivity contribution in [1.29, 1.82) is 0 Å². The summed E-state index contributed by atoms with van der Waals surface area (Å²) in [6, 6.07) is 11.1. The van der Waals surface area contributed by atoms with Gasteiger partial charge in [-0.05, 0) is 24.8 Å². The molecule has 0 radical (unpaired) electrons. The third-order valence-corrected chi connectivity index (χ3v) is 10.0. The summed E-state index contributed by atoms with van der Waals surface area (Å²) in [5.74, 6) is 0. The van der Waals surface area contributed by atoms with Gasteiger partial charge in [-0.25, -0.2) is 0 Å². The predicted molar refractivity (Wildman–Crippen MR) is 197 cm³/mol. The molecule has 0 saturated carbocycles. The SMILES string of the molecule is CCCCCCCCCCCCCCCCCN1C=CN(Cc2ccccc2)C1CCCCCCCCCCCCCCC. The first kappa shape index (κ1) is 38.7. The number of hydrogen-bond acceptors (Lipinski definition) is 2. The highest BCUT2D eigenvalue weighted by Crippen LogP contribution is 2.25. The van der Waals surface area contributed by atoms with Gasteiger partial charge < -0.3 is 9.80 Å². The lowest BCUT2D eigenvalue weighted by molar-refractivity contribution is 0.132. The molecular formula is C42H76N2. The van der Waals surface area contributed by atoms with Gasteiger partial charge in [0.1, 0.15) is 6.17 Å². The van der Waals surface area contributed by atoms with E-state index in [1.807, 2.05) is 0 Å². The first-order valence-corrected chi connectivity index (χ1v) is 20.1. The van der Waals surface area contributed by atoms with Crippen LogP contribution in [0.25, 0.3) is 0 Å². The lowest BCUT2D eigenvalue weighted by Crippen LogP contribution is -2.38. The average Bonchev–Trinajstić information content (AvgIpc) is 3.42. The molecule has 0 fully saturated rings. The van der Waals surface area contributed by atoms with E-state index in [-0.39, 0.29) is 0 Å². The van der Waals surface area contributed by atoms with E-state index in [1.165, 1.54) is 198 Å². The van der Waals surface area contributed by atoms with Crippen molar-refractivity contribution < 1.29 is 0 Å². The van der Waals surface area contributed by atoms with Crippen molar-refractivity contribution in [3.8, 4) is 0 Å². The van der Waals surface area contributed by atoms with E-state index in [0.717, 1.165) is 6.54 Å². The molecule has 0 saturated heterocycles. The van der Waals surface area contributed by atoms with Crippen LogP contribution < -0.4 is 0 Å². The Balaban J connectivity index is 1.53. The fraction of sp³-hybridized carbons (Fsp3) is 0.810. The van der Waals surface area contributed by atoms with Gasteiger partial charge in [0, 0.05) is 25.5 Å². The Kier molecular flexibility index (Phi) is 25.5. The minimum Gasteiger partial charge on any atom is -0.356 e. The molecule has 1 aromatic carbocycles. The van der Waals surface area contributed by atoms with E-state index in [1.54, 1.807) is 0 Å². The summed E-state index contributed by atoms with van der Waals surface area (Å²) < 4.78 is 0. The summed E-state index contributed by atoms with van der Waals surface area (Å²) >= 11 is 0. The first-order chi connectivity index (χ1) is 21.8. The van der Waals surface area contributed by atoms with E-state index in [9.17, 15) is 0 Å². The Morgan fingerprint density at radius 2 is 0.773 bits per heavy atom. The molecular weight excluding hydrogens is 532 g/mol. The topological polar surface area (TPSA) is 6.48 Å². The summed E-state index contributed by atoms with van der Waals surface area (Å²) in [6.07, 6.45) is 46.8. The third kappa shape index (κ3) is 20.6. The second kappa shape index (κ2) is 29.0. The maximum Gasteiger partial charge on any atom is 0.101 e. The van der Waals surface area contributed by atoms with Crippen molar-refractivity contribution in [1.82, 2.24) is 9.80 Å². The van der Waals surface area contributed by atoms with Gasteiger partial charge in [0.15, 0.2) is 0 Å².